The fourth-order valence-electron chi connectivity index (χ4n) is 2.53. The molecule has 108 valence electrons. The number of likely N-dealkylation sites (tertiary alicyclic amines) is 1. The maximum atomic E-state index is 13.5. The average Bonchev–Trinajstić information content (AvgIpc) is 2.40. The quantitative estimate of drug-likeness (QED) is 0.628. The van der Waals surface area contributed by atoms with E-state index in [0.29, 0.717) is 37.4 Å². The minimum Gasteiger partial charge on any atom is -0.299 e. The van der Waals surface area contributed by atoms with Crippen molar-refractivity contribution >= 4 is 11.5 Å². The fourth-order valence-corrected chi connectivity index (χ4v) is 2.53. The highest BCUT2D eigenvalue weighted by Crippen LogP contribution is 2.21. The van der Waals surface area contributed by atoms with Crippen LogP contribution in [0.5, 0.6) is 0 Å². The zero-order chi connectivity index (χ0) is 14.7. The van der Waals surface area contributed by atoms with Gasteiger partial charge < -0.3 is 0 Å². The Hall–Kier alpha value is -1.82. The van der Waals surface area contributed by atoms with E-state index >= 15 is 0 Å². The van der Waals surface area contributed by atoms with Crippen molar-refractivity contribution in [2.75, 3.05) is 13.1 Å². The summed E-state index contributed by atoms with van der Waals surface area (Å²) >= 11 is 0. The van der Waals surface area contributed by atoms with Gasteiger partial charge in [-0.05, 0) is 18.1 Å². The van der Waals surface area contributed by atoms with Crippen molar-refractivity contribution in [3.8, 4) is 0 Å². The number of halogens is 1. The Morgan fingerprint density at radius 1 is 1.50 bits per heavy atom. The lowest BCUT2D eigenvalue weighted by atomic mass is 9.94. The minimum atomic E-state index is -0.812. The predicted molar refractivity (Wildman–Crippen MR) is 71.7 cm³/mol. The Balaban J connectivity index is 2.05. The molecule has 5 nitrogen and oxygen atoms in total. The van der Waals surface area contributed by atoms with Gasteiger partial charge in [-0.1, -0.05) is 13.0 Å². The summed E-state index contributed by atoms with van der Waals surface area (Å²) < 4.78 is 13.5. The molecule has 0 bridgehead atoms. The average molecular weight is 280 g/mol. The smallest absolute Gasteiger partial charge is 0.299 e. The number of Topliss-reactive ketones (excluding diaryl/α,β-unsaturated/α-hetero) is 1. The first-order valence-corrected chi connectivity index (χ1v) is 6.69. The Morgan fingerprint density at radius 3 is 2.85 bits per heavy atom. The maximum absolute atomic E-state index is 13.5. The third-order valence-electron chi connectivity index (χ3n) is 3.72. The number of hydrogen-bond acceptors (Lipinski definition) is 4. The molecule has 1 aliphatic rings. The molecule has 0 radical (unpaired) electrons. The summed E-state index contributed by atoms with van der Waals surface area (Å²) in [6, 6.07) is 3.96. The number of hydrogen-bond donors (Lipinski definition) is 0. The highest BCUT2D eigenvalue weighted by Gasteiger charge is 2.25. The van der Waals surface area contributed by atoms with Crippen LogP contribution in [0.3, 0.4) is 0 Å². The Bertz CT molecular complexity index is 533. The predicted octanol–water partition coefficient (Wildman–Crippen LogP) is 2.53. The van der Waals surface area contributed by atoms with E-state index in [4.69, 9.17) is 0 Å². The fraction of sp³-hybridized carbons (Fsp3) is 0.500. The summed E-state index contributed by atoms with van der Waals surface area (Å²) in [7, 11) is 0. The van der Waals surface area contributed by atoms with Gasteiger partial charge in [0.25, 0.3) is 0 Å². The molecule has 1 heterocycles. The van der Waals surface area contributed by atoms with Crippen LogP contribution in [0.1, 0.15) is 25.3 Å². The van der Waals surface area contributed by atoms with E-state index in [1.807, 2.05) is 6.92 Å². The van der Waals surface area contributed by atoms with Gasteiger partial charge in [0.2, 0.25) is 5.82 Å². The van der Waals surface area contributed by atoms with Crippen molar-refractivity contribution in [3.05, 3.63) is 39.7 Å². The zero-order valence-electron chi connectivity index (χ0n) is 11.3. The van der Waals surface area contributed by atoms with Crippen LogP contribution < -0.4 is 0 Å². The van der Waals surface area contributed by atoms with Gasteiger partial charge in [-0.2, -0.15) is 4.39 Å². The Kier molecular flexibility index (Phi) is 4.44. The van der Waals surface area contributed by atoms with E-state index in [0.717, 1.165) is 6.42 Å². The molecule has 0 aliphatic carbocycles. The number of benzene rings is 1. The number of ketones is 1. The molecule has 1 aromatic carbocycles. The molecule has 0 amide bonds. The zero-order valence-corrected chi connectivity index (χ0v) is 11.3. The number of nitro groups is 1. The molecule has 1 aliphatic heterocycles. The summed E-state index contributed by atoms with van der Waals surface area (Å²) in [5, 5.41) is 10.6. The molecule has 1 fully saturated rings. The SMILES string of the molecule is CCC1CN(Cc2ccc([N+](=O)[O-])c(F)c2)CCC1=O. The standard InChI is InChI=1S/C14H17FN2O3/c1-2-11-9-16(6-5-14(11)18)8-10-3-4-13(17(19)20)12(15)7-10/h3-4,7,11H,2,5-6,8-9H2,1H3. The minimum absolute atomic E-state index is 0.0478. The van der Waals surface area contributed by atoms with Crippen molar-refractivity contribution in [2.45, 2.75) is 26.3 Å². The van der Waals surface area contributed by atoms with E-state index in [-0.39, 0.29) is 5.92 Å². The second kappa shape index (κ2) is 6.09. The molecule has 6 heteroatoms. The van der Waals surface area contributed by atoms with Crippen LogP contribution in [0.15, 0.2) is 18.2 Å². The lowest BCUT2D eigenvalue weighted by Crippen LogP contribution is -2.40. The number of piperidine rings is 1. The largest absolute Gasteiger partial charge is 0.304 e. The number of carbonyl (C=O) groups excluding carboxylic acids is 1. The van der Waals surface area contributed by atoms with Crippen LogP contribution in [0.4, 0.5) is 10.1 Å². The van der Waals surface area contributed by atoms with Crippen LogP contribution in [0.2, 0.25) is 0 Å². The van der Waals surface area contributed by atoms with Crippen molar-refractivity contribution in [1.29, 1.82) is 0 Å². The first kappa shape index (κ1) is 14.6. The molecule has 1 aromatic rings. The van der Waals surface area contributed by atoms with Gasteiger partial charge in [0.15, 0.2) is 0 Å². The Labute approximate surface area is 116 Å². The van der Waals surface area contributed by atoms with Crippen molar-refractivity contribution in [1.82, 2.24) is 4.90 Å². The maximum Gasteiger partial charge on any atom is 0.304 e. The van der Waals surface area contributed by atoms with Crippen LogP contribution in [0.25, 0.3) is 0 Å². The molecular formula is C14H17FN2O3. The molecule has 1 unspecified atom stereocenters. The van der Waals surface area contributed by atoms with Gasteiger partial charge in [0, 0.05) is 38.0 Å². The molecule has 0 spiro atoms. The third-order valence-corrected chi connectivity index (χ3v) is 3.72. The van der Waals surface area contributed by atoms with Crippen molar-refractivity contribution in [3.63, 3.8) is 0 Å². The molecule has 0 saturated carbocycles. The summed E-state index contributed by atoms with van der Waals surface area (Å²) in [5.41, 5.74) is 0.186. The molecule has 1 saturated heterocycles. The first-order chi connectivity index (χ1) is 9.51. The van der Waals surface area contributed by atoms with Crippen LogP contribution >= 0.6 is 0 Å². The number of nitrogens with zero attached hydrogens (tertiary/aromatic N) is 2. The van der Waals surface area contributed by atoms with Gasteiger partial charge in [0.1, 0.15) is 5.78 Å². The number of rotatable bonds is 4. The molecule has 20 heavy (non-hydrogen) atoms. The summed E-state index contributed by atoms with van der Waals surface area (Å²) in [6.45, 7) is 3.83. The highest BCUT2D eigenvalue weighted by molar-refractivity contribution is 5.82. The Morgan fingerprint density at radius 2 is 2.25 bits per heavy atom. The highest BCUT2D eigenvalue weighted by atomic mass is 19.1. The molecule has 2 rings (SSSR count). The van der Waals surface area contributed by atoms with Crippen LogP contribution in [-0.2, 0) is 11.3 Å². The first-order valence-electron chi connectivity index (χ1n) is 6.69. The van der Waals surface area contributed by atoms with Gasteiger partial charge in [0.05, 0.1) is 4.92 Å². The monoisotopic (exact) mass is 280 g/mol. The molecular weight excluding hydrogens is 263 g/mol. The van der Waals surface area contributed by atoms with E-state index in [1.54, 1.807) is 6.07 Å². The van der Waals surface area contributed by atoms with E-state index in [2.05, 4.69) is 4.90 Å². The van der Waals surface area contributed by atoms with Crippen LogP contribution in [0, 0.1) is 21.8 Å². The summed E-state index contributed by atoms with van der Waals surface area (Å²) in [5.74, 6) is -0.474. The van der Waals surface area contributed by atoms with Gasteiger partial charge >= 0.3 is 5.69 Å². The molecule has 0 aromatic heterocycles. The second-order valence-electron chi connectivity index (χ2n) is 5.10. The van der Waals surface area contributed by atoms with Crippen LogP contribution in [-0.4, -0.2) is 28.7 Å². The van der Waals surface area contributed by atoms with Gasteiger partial charge in [-0.3, -0.25) is 19.8 Å². The number of nitro benzene ring substituents is 1. The normalized spacial score (nSPS) is 20.1. The van der Waals surface area contributed by atoms with E-state index < -0.39 is 16.4 Å². The lowest BCUT2D eigenvalue weighted by Gasteiger charge is -2.31. The lowest BCUT2D eigenvalue weighted by molar-refractivity contribution is -0.387. The molecule has 0 N–H and O–H groups in total. The van der Waals surface area contributed by atoms with Gasteiger partial charge in [-0.25, -0.2) is 0 Å². The van der Waals surface area contributed by atoms with Gasteiger partial charge in [-0.15, -0.1) is 0 Å². The second-order valence-corrected chi connectivity index (χ2v) is 5.10. The number of carbonyl (C=O) groups is 1. The third kappa shape index (κ3) is 3.19. The van der Waals surface area contributed by atoms with Crippen molar-refractivity contribution in [2.24, 2.45) is 5.92 Å². The van der Waals surface area contributed by atoms with E-state index in [1.165, 1.54) is 12.1 Å². The van der Waals surface area contributed by atoms with E-state index in [9.17, 15) is 19.3 Å². The molecule has 1 atom stereocenters. The summed E-state index contributed by atoms with van der Waals surface area (Å²) in [6.07, 6.45) is 1.33. The topological polar surface area (TPSA) is 63.4 Å². The van der Waals surface area contributed by atoms with Crippen molar-refractivity contribution < 1.29 is 14.1 Å². The summed E-state index contributed by atoms with van der Waals surface area (Å²) in [4.78, 5) is 23.6.